The Kier molecular flexibility index (Phi) is 12.4. The number of aromatic nitrogens is 2. The Morgan fingerprint density at radius 1 is 1.03 bits per heavy atom. The molecular formula is C24H46ClN3O2SSi. The third-order valence-corrected chi connectivity index (χ3v) is 13.5. The zero-order valence-corrected chi connectivity index (χ0v) is 24.2. The highest BCUT2D eigenvalue weighted by molar-refractivity contribution is 6.99. The van der Waals surface area contributed by atoms with Crippen LogP contribution in [0.25, 0.3) is 5.57 Å². The van der Waals surface area contributed by atoms with E-state index in [0.717, 1.165) is 55.3 Å². The van der Waals surface area contributed by atoms with E-state index >= 15 is 0 Å². The number of hydrogen-bond acceptors (Lipinski definition) is 5. The number of nitrogens with zero attached hydrogens (tertiary/aromatic N) is 3. The van der Waals surface area contributed by atoms with Crippen molar-refractivity contribution in [3.63, 3.8) is 0 Å². The van der Waals surface area contributed by atoms with E-state index in [0.29, 0.717) is 16.6 Å². The lowest BCUT2D eigenvalue weighted by atomic mass is 10.1. The molecule has 1 unspecified atom stereocenters. The molecular weight excluding hydrogens is 458 g/mol. The molecule has 2 rings (SSSR count). The van der Waals surface area contributed by atoms with Gasteiger partial charge >= 0.3 is 0 Å². The summed E-state index contributed by atoms with van der Waals surface area (Å²) in [6, 6.07) is 0. The molecule has 1 aromatic rings. The van der Waals surface area contributed by atoms with Crippen molar-refractivity contribution in [2.24, 2.45) is 0 Å². The van der Waals surface area contributed by atoms with Crippen LogP contribution in [0.5, 0.6) is 5.88 Å². The SMILES string of the molecule is CCCCCCOc1nsnc1C1=CCC[N+](C)(CO[Si](C(C)C)(C(C)C)C(C)C)C1.[Cl-]. The van der Waals surface area contributed by atoms with E-state index in [1.54, 1.807) is 0 Å². The summed E-state index contributed by atoms with van der Waals surface area (Å²) in [4.78, 5) is 0. The van der Waals surface area contributed by atoms with Gasteiger partial charge in [0.2, 0.25) is 8.32 Å². The summed E-state index contributed by atoms with van der Waals surface area (Å²) in [5.74, 6) is 0.720. The first-order chi connectivity index (χ1) is 14.7. The second-order valence-corrected chi connectivity index (χ2v) is 16.4. The minimum absolute atomic E-state index is 0. The summed E-state index contributed by atoms with van der Waals surface area (Å²) >= 11 is 1.26. The van der Waals surface area contributed by atoms with Gasteiger partial charge < -0.3 is 26.1 Å². The number of rotatable bonds is 13. The molecule has 0 aromatic carbocycles. The van der Waals surface area contributed by atoms with E-state index in [1.807, 2.05) is 0 Å². The molecule has 8 heteroatoms. The van der Waals surface area contributed by atoms with Crippen molar-refractivity contribution in [1.29, 1.82) is 0 Å². The van der Waals surface area contributed by atoms with Crippen molar-refractivity contribution in [2.45, 2.75) is 97.2 Å². The lowest BCUT2D eigenvalue weighted by Crippen LogP contribution is -3.00. The molecule has 1 aromatic heterocycles. The van der Waals surface area contributed by atoms with Crippen molar-refractivity contribution in [2.75, 3.05) is 33.5 Å². The van der Waals surface area contributed by atoms with Crippen LogP contribution in [0.4, 0.5) is 0 Å². The van der Waals surface area contributed by atoms with Crippen LogP contribution in [0.1, 0.15) is 86.3 Å². The summed E-state index contributed by atoms with van der Waals surface area (Å²) in [6.45, 7) is 19.9. The van der Waals surface area contributed by atoms with Crippen molar-refractivity contribution < 1.29 is 26.1 Å². The predicted molar refractivity (Wildman–Crippen MR) is 135 cm³/mol. The Hall–Kier alpha value is -0.473. The molecule has 2 heterocycles. The third kappa shape index (κ3) is 7.26. The van der Waals surface area contributed by atoms with Gasteiger partial charge in [-0.1, -0.05) is 73.8 Å². The monoisotopic (exact) mass is 503 g/mol. The summed E-state index contributed by atoms with van der Waals surface area (Å²) in [6.07, 6.45) is 8.17. The van der Waals surface area contributed by atoms with Crippen molar-refractivity contribution in [1.82, 2.24) is 8.75 Å². The Morgan fingerprint density at radius 3 is 2.28 bits per heavy atom. The summed E-state index contributed by atoms with van der Waals surface area (Å²) in [5, 5.41) is 0. The Balaban J connectivity index is 0.00000512. The number of quaternary nitrogens is 1. The molecule has 32 heavy (non-hydrogen) atoms. The maximum atomic E-state index is 6.97. The summed E-state index contributed by atoms with van der Waals surface area (Å²) in [5.41, 5.74) is 4.03. The van der Waals surface area contributed by atoms with E-state index in [1.165, 1.54) is 36.6 Å². The van der Waals surface area contributed by atoms with Gasteiger partial charge in [-0.3, -0.25) is 0 Å². The minimum Gasteiger partial charge on any atom is -1.00 e. The average Bonchev–Trinajstić information content (AvgIpc) is 3.16. The first-order valence-corrected chi connectivity index (χ1v) is 15.2. The molecule has 0 N–H and O–H groups in total. The smallest absolute Gasteiger partial charge is 0.253 e. The van der Waals surface area contributed by atoms with Crippen LogP contribution in [-0.2, 0) is 4.43 Å². The van der Waals surface area contributed by atoms with Gasteiger partial charge in [-0.05, 0) is 23.0 Å². The summed E-state index contributed by atoms with van der Waals surface area (Å²) in [7, 11) is 0.459. The molecule has 0 amide bonds. The molecule has 0 aliphatic carbocycles. The van der Waals surface area contributed by atoms with Crippen molar-refractivity contribution in [3.8, 4) is 5.88 Å². The van der Waals surface area contributed by atoms with Crippen molar-refractivity contribution >= 4 is 25.6 Å². The van der Waals surface area contributed by atoms with Gasteiger partial charge in [0.15, 0.2) is 6.73 Å². The largest absolute Gasteiger partial charge is 1.00 e. The van der Waals surface area contributed by atoms with Crippen LogP contribution >= 0.6 is 11.7 Å². The Bertz CT molecular complexity index is 689. The zero-order valence-electron chi connectivity index (χ0n) is 21.6. The topological polar surface area (TPSA) is 44.2 Å². The van der Waals surface area contributed by atoms with Gasteiger partial charge in [-0.15, -0.1) is 4.37 Å². The average molecular weight is 504 g/mol. The molecule has 1 atom stereocenters. The van der Waals surface area contributed by atoms with Gasteiger partial charge in [-0.25, -0.2) is 0 Å². The highest BCUT2D eigenvalue weighted by Gasteiger charge is 2.47. The fourth-order valence-corrected chi connectivity index (χ4v) is 11.4. The molecule has 0 bridgehead atoms. The molecule has 0 saturated carbocycles. The Labute approximate surface area is 208 Å². The van der Waals surface area contributed by atoms with E-state index in [2.05, 4.69) is 70.3 Å². The standard InChI is InChI=1S/C24H46N3O2SSi.ClH/c1-9-10-11-12-16-28-24-23(25-30-26-24)22-14-13-15-27(8,17-22)18-29-31(19(2)3,20(4)5)21(6)7;/h14,19-21H,9-13,15-18H2,1-8H3;1H/q+1;/p-1. The highest BCUT2D eigenvalue weighted by Crippen LogP contribution is 2.43. The molecule has 1 aliphatic heterocycles. The molecule has 5 nitrogen and oxygen atoms in total. The number of hydrogen-bond donors (Lipinski definition) is 0. The predicted octanol–water partition coefficient (Wildman–Crippen LogP) is 3.88. The highest BCUT2D eigenvalue weighted by atomic mass is 35.5. The van der Waals surface area contributed by atoms with E-state index in [9.17, 15) is 0 Å². The normalized spacial score (nSPS) is 19.4. The Morgan fingerprint density at radius 2 is 1.69 bits per heavy atom. The lowest BCUT2D eigenvalue weighted by Gasteiger charge is -2.45. The minimum atomic E-state index is -1.87. The zero-order chi connectivity index (χ0) is 23.1. The first-order valence-electron chi connectivity index (χ1n) is 12.3. The molecule has 0 saturated heterocycles. The first kappa shape index (κ1) is 29.6. The van der Waals surface area contributed by atoms with Crippen LogP contribution in [0, 0.1) is 0 Å². The molecule has 0 spiro atoms. The number of ether oxygens (including phenoxy) is 1. The van der Waals surface area contributed by atoms with Crippen LogP contribution in [0.3, 0.4) is 0 Å². The maximum absolute atomic E-state index is 6.97. The van der Waals surface area contributed by atoms with Crippen LogP contribution in [0.2, 0.25) is 16.6 Å². The number of halogens is 1. The quantitative estimate of drug-likeness (QED) is 0.233. The molecule has 0 fully saturated rings. The lowest BCUT2D eigenvalue weighted by molar-refractivity contribution is -0.919. The fourth-order valence-electron chi connectivity index (χ4n) is 5.32. The van der Waals surface area contributed by atoms with Gasteiger partial charge in [0.05, 0.1) is 31.9 Å². The second-order valence-electron chi connectivity index (χ2n) is 10.4. The van der Waals surface area contributed by atoms with E-state index < -0.39 is 8.32 Å². The van der Waals surface area contributed by atoms with Crippen LogP contribution < -0.4 is 17.1 Å². The number of unbranched alkanes of at least 4 members (excludes halogenated alkanes) is 3. The van der Waals surface area contributed by atoms with Gasteiger partial charge in [0.1, 0.15) is 12.2 Å². The van der Waals surface area contributed by atoms with Crippen LogP contribution in [0.15, 0.2) is 6.08 Å². The van der Waals surface area contributed by atoms with Gasteiger partial charge in [0, 0.05) is 12.0 Å². The number of likely N-dealkylation sites (N-methyl/N-ethyl adjacent to an activating group) is 1. The fraction of sp³-hybridized carbons (Fsp3) is 0.833. The second kappa shape index (κ2) is 13.4. The maximum Gasteiger partial charge on any atom is 0.253 e. The van der Waals surface area contributed by atoms with E-state index in [4.69, 9.17) is 9.16 Å². The molecule has 186 valence electrons. The van der Waals surface area contributed by atoms with E-state index in [-0.39, 0.29) is 12.4 Å². The summed E-state index contributed by atoms with van der Waals surface area (Å²) < 4.78 is 23.0. The van der Waals surface area contributed by atoms with Gasteiger partial charge in [0.25, 0.3) is 5.88 Å². The molecule has 0 radical (unpaired) electrons. The van der Waals surface area contributed by atoms with Gasteiger partial charge in [-0.2, -0.15) is 4.37 Å². The third-order valence-electron chi connectivity index (χ3n) is 6.94. The molecule has 1 aliphatic rings. The van der Waals surface area contributed by atoms with Crippen LogP contribution in [-0.4, -0.2) is 55.0 Å². The van der Waals surface area contributed by atoms with Crippen molar-refractivity contribution in [3.05, 3.63) is 11.8 Å².